The van der Waals surface area contributed by atoms with E-state index in [4.69, 9.17) is 4.98 Å². The third-order valence-corrected chi connectivity index (χ3v) is 5.66. The van der Waals surface area contributed by atoms with Crippen LogP contribution in [0.2, 0.25) is 0 Å². The Morgan fingerprint density at radius 2 is 2.12 bits per heavy atom. The van der Waals surface area contributed by atoms with E-state index in [1.54, 1.807) is 0 Å². The van der Waals surface area contributed by atoms with Gasteiger partial charge in [0.25, 0.3) is 5.56 Å². The second-order valence-electron chi connectivity index (χ2n) is 7.77. The highest BCUT2D eigenvalue weighted by atomic mass is 79.9. The van der Waals surface area contributed by atoms with Crippen LogP contribution in [0.15, 0.2) is 27.5 Å². The molecule has 1 atom stereocenters. The molecule has 1 N–H and O–H groups in total. The van der Waals surface area contributed by atoms with Crippen molar-refractivity contribution in [2.24, 2.45) is 0 Å². The zero-order valence-electron chi connectivity index (χ0n) is 16.2. The highest BCUT2D eigenvalue weighted by Crippen LogP contribution is 2.28. The van der Waals surface area contributed by atoms with Crippen molar-refractivity contribution in [1.29, 1.82) is 0 Å². The minimum Gasteiger partial charge on any atom is -0.309 e. The van der Waals surface area contributed by atoms with Gasteiger partial charge in [-0.15, -0.1) is 0 Å². The Bertz CT molecular complexity index is 846. The van der Waals surface area contributed by atoms with E-state index < -0.39 is 0 Å². The summed E-state index contributed by atoms with van der Waals surface area (Å²) in [5.41, 5.74) is 0.918. The number of aromatic nitrogens is 2. The fourth-order valence-corrected chi connectivity index (χ4v) is 4.33. The molecule has 0 unspecified atom stereocenters. The maximum absolute atomic E-state index is 13.1. The first kappa shape index (κ1) is 19.5. The fourth-order valence-electron chi connectivity index (χ4n) is 3.97. The number of hydrogen-bond donors (Lipinski definition) is 1. The summed E-state index contributed by atoms with van der Waals surface area (Å²) in [5.74, 6) is 0.909. The Kier molecular flexibility index (Phi) is 5.85. The lowest BCUT2D eigenvalue weighted by atomic mass is 9.98. The second-order valence-corrected chi connectivity index (χ2v) is 8.68. The van der Waals surface area contributed by atoms with E-state index in [2.05, 4.69) is 46.9 Å². The summed E-state index contributed by atoms with van der Waals surface area (Å²) < 4.78 is 2.78. The van der Waals surface area contributed by atoms with E-state index in [-0.39, 0.29) is 17.1 Å². The van der Waals surface area contributed by atoms with Crippen LogP contribution in [0, 0.1) is 0 Å². The second kappa shape index (κ2) is 7.79. The van der Waals surface area contributed by atoms with Crippen LogP contribution in [0.4, 0.5) is 0 Å². The molecule has 0 spiro atoms. The van der Waals surface area contributed by atoms with Gasteiger partial charge in [-0.2, -0.15) is 0 Å². The van der Waals surface area contributed by atoms with Crippen molar-refractivity contribution in [1.82, 2.24) is 19.8 Å². The third-order valence-electron chi connectivity index (χ3n) is 5.16. The van der Waals surface area contributed by atoms with E-state index in [1.807, 2.05) is 29.7 Å². The van der Waals surface area contributed by atoms with Crippen LogP contribution in [0.25, 0.3) is 10.9 Å². The van der Waals surface area contributed by atoms with E-state index in [0.717, 1.165) is 48.3 Å². The summed E-state index contributed by atoms with van der Waals surface area (Å²) in [6, 6.07) is 5.94. The van der Waals surface area contributed by atoms with Crippen molar-refractivity contribution >= 4 is 26.8 Å². The van der Waals surface area contributed by atoms with Crippen molar-refractivity contribution in [2.75, 3.05) is 19.6 Å². The number of nitrogens with one attached hydrogen (secondary N) is 1. The molecule has 0 bridgehead atoms. The zero-order chi connectivity index (χ0) is 18.9. The predicted octanol–water partition coefficient (Wildman–Crippen LogP) is 3.70. The first-order valence-corrected chi connectivity index (χ1v) is 10.3. The molecule has 0 aliphatic carbocycles. The number of halogens is 1. The summed E-state index contributed by atoms with van der Waals surface area (Å²) >= 11 is 3.47. The SMILES string of the molecule is CCC[C@H](c1nc2ccc(Br)cc2c(=O)n1CC)N1CCNC(C)(C)C1. The van der Waals surface area contributed by atoms with Gasteiger partial charge in [0.1, 0.15) is 5.82 Å². The van der Waals surface area contributed by atoms with Crippen molar-refractivity contribution in [3.05, 3.63) is 38.9 Å². The number of benzene rings is 1. The molecule has 1 fully saturated rings. The van der Waals surface area contributed by atoms with Crippen LogP contribution >= 0.6 is 15.9 Å². The molecule has 26 heavy (non-hydrogen) atoms. The molecule has 1 aliphatic rings. The number of piperazine rings is 1. The lowest BCUT2D eigenvalue weighted by Crippen LogP contribution is -2.58. The van der Waals surface area contributed by atoms with Gasteiger partial charge >= 0.3 is 0 Å². The normalized spacial score (nSPS) is 19.0. The predicted molar refractivity (Wildman–Crippen MR) is 111 cm³/mol. The van der Waals surface area contributed by atoms with Crippen molar-refractivity contribution in [3.8, 4) is 0 Å². The van der Waals surface area contributed by atoms with E-state index in [1.165, 1.54) is 0 Å². The fraction of sp³-hybridized carbons (Fsp3) is 0.600. The maximum atomic E-state index is 13.1. The number of fused-ring (bicyclic) bond motifs is 1. The van der Waals surface area contributed by atoms with Crippen LogP contribution in [0.5, 0.6) is 0 Å². The quantitative estimate of drug-likeness (QED) is 0.800. The molecule has 0 amide bonds. The van der Waals surface area contributed by atoms with Crippen LogP contribution < -0.4 is 10.9 Å². The number of hydrogen-bond acceptors (Lipinski definition) is 4. The molecule has 2 aromatic rings. The molecule has 1 aromatic heterocycles. The van der Waals surface area contributed by atoms with Crippen LogP contribution in [-0.2, 0) is 6.54 Å². The molecule has 142 valence electrons. The molecular formula is C20H29BrN4O. The minimum atomic E-state index is 0.0595. The van der Waals surface area contributed by atoms with E-state index in [0.29, 0.717) is 11.9 Å². The van der Waals surface area contributed by atoms with Crippen molar-refractivity contribution < 1.29 is 0 Å². The molecule has 5 nitrogen and oxygen atoms in total. The Morgan fingerprint density at radius 3 is 2.77 bits per heavy atom. The average molecular weight is 421 g/mol. The Hall–Kier alpha value is -1.24. The summed E-state index contributed by atoms with van der Waals surface area (Å²) in [6.07, 6.45) is 2.07. The Labute approximate surface area is 163 Å². The molecular weight excluding hydrogens is 392 g/mol. The summed E-state index contributed by atoms with van der Waals surface area (Å²) in [7, 11) is 0. The lowest BCUT2D eigenvalue weighted by Gasteiger charge is -2.43. The molecule has 2 heterocycles. The van der Waals surface area contributed by atoms with Gasteiger partial charge in [-0.25, -0.2) is 4.98 Å². The summed E-state index contributed by atoms with van der Waals surface area (Å²) in [4.78, 5) is 20.6. The molecule has 1 saturated heterocycles. The molecule has 0 radical (unpaired) electrons. The maximum Gasteiger partial charge on any atom is 0.261 e. The third kappa shape index (κ3) is 3.87. The minimum absolute atomic E-state index is 0.0595. The van der Waals surface area contributed by atoms with Crippen LogP contribution in [-0.4, -0.2) is 39.6 Å². The number of rotatable bonds is 5. The first-order chi connectivity index (χ1) is 12.4. The van der Waals surface area contributed by atoms with Gasteiger partial charge < -0.3 is 5.32 Å². The van der Waals surface area contributed by atoms with Crippen LogP contribution in [0.3, 0.4) is 0 Å². The molecule has 3 rings (SSSR count). The van der Waals surface area contributed by atoms with Gasteiger partial charge in [-0.05, 0) is 45.4 Å². The van der Waals surface area contributed by atoms with E-state index in [9.17, 15) is 4.79 Å². The lowest BCUT2D eigenvalue weighted by molar-refractivity contribution is 0.0964. The molecule has 0 saturated carbocycles. The highest BCUT2D eigenvalue weighted by molar-refractivity contribution is 9.10. The van der Waals surface area contributed by atoms with Crippen molar-refractivity contribution in [2.45, 2.75) is 58.7 Å². The standard InChI is InChI=1S/C20H29BrN4O/c1-5-7-17(24-11-10-22-20(3,4)13-24)18-23-16-9-8-14(21)12-15(16)19(26)25(18)6-2/h8-9,12,17,22H,5-7,10-11,13H2,1-4H3/t17-/m1/s1. The van der Waals surface area contributed by atoms with Gasteiger partial charge in [0.15, 0.2) is 0 Å². The first-order valence-electron chi connectivity index (χ1n) is 9.55. The smallest absolute Gasteiger partial charge is 0.261 e. The largest absolute Gasteiger partial charge is 0.309 e. The molecule has 6 heteroatoms. The van der Waals surface area contributed by atoms with E-state index >= 15 is 0 Å². The van der Waals surface area contributed by atoms with Gasteiger partial charge in [0, 0.05) is 36.2 Å². The highest BCUT2D eigenvalue weighted by Gasteiger charge is 2.32. The molecule has 1 aromatic carbocycles. The monoisotopic (exact) mass is 420 g/mol. The zero-order valence-corrected chi connectivity index (χ0v) is 17.8. The topological polar surface area (TPSA) is 50.2 Å². The summed E-state index contributed by atoms with van der Waals surface area (Å²) in [5, 5.41) is 4.26. The Morgan fingerprint density at radius 1 is 1.35 bits per heavy atom. The van der Waals surface area contributed by atoms with Gasteiger partial charge in [0.05, 0.1) is 16.9 Å². The summed E-state index contributed by atoms with van der Waals surface area (Å²) in [6.45, 7) is 12.2. The van der Waals surface area contributed by atoms with Gasteiger partial charge in [-0.1, -0.05) is 29.3 Å². The van der Waals surface area contributed by atoms with Gasteiger partial charge in [0.2, 0.25) is 0 Å². The Balaban J connectivity index is 2.13. The van der Waals surface area contributed by atoms with Gasteiger partial charge in [-0.3, -0.25) is 14.3 Å². The van der Waals surface area contributed by atoms with Crippen molar-refractivity contribution in [3.63, 3.8) is 0 Å². The molecule has 1 aliphatic heterocycles. The number of nitrogens with zero attached hydrogens (tertiary/aromatic N) is 3. The van der Waals surface area contributed by atoms with Crippen LogP contribution in [0.1, 0.15) is 52.4 Å². The average Bonchev–Trinajstić information content (AvgIpc) is 2.59.